The molecular formula is C13H12N4O2. The predicted octanol–water partition coefficient (Wildman–Crippen LogP) is 1.52. The van der Waals surface area contributed by atoms with Crippen molar-refractivity contribution in [1.29, 1.82) is 5.26 Å². The maximum absolute atomic E-state index is 11.7. The van der Waals surface area contributed by atoms with Crippen molar-refractivity contribution in [2.75, 3.05) is 7.11 Å². The molecule has 0 atom stereocenters. The van der Waals surface area contributed by atoms with Crippen molar-refractivity contribution >= 4 is 18.8 Å². The fourth-order valence-electron chi connectivity index (χ4n) is 1.16. The number of aliphatic imine (C=N–C) groups is 1. The molecule has 0 saturated heterocycles. The highest BCUT2D eigenvalue weighted by Gasteiger charge is 2.03. The van der Waals surface area contributed by atoms with Crippen molar-refractivity contribution in [1.82, 2.24) is 5.43 Å². The Morgan fingerprint density at radius 1 is 1.47 bits per heavy atom. The van der Waals surface area contributed by atoms with Crippen molar-refractivity contribution in [2.45, 2.75) is 0 Å². The summed E-state index contributed by atoms with van der Waals surface area (Å²) in [4.78, 5) is 15.1. The zero-order valence-electron chi connectivity index (χ0n) is 10.3. The van der Waals surface area contributed by atoms with Gasteiger partial charge in [-0.05, 0) is 31.0 Å². The Morgan fingerprint density at radius 2 is 2.16 bits per heavy atom. The van der Waals surface area contributed by atoms with Crippen LogP contribution in [0.15, 0.2) is 46.1 Å². The lowest BCUT2D eigenvalue weighted by Gasteiger charge is -2.01. The van der Waals surface area contributed by atoms with E-state index in [0.29, 0.717) is 11.3 Å². The van der Waals surface area contributed by atoms with E-state index < -0.39 is 0 Å². The van der Waals surface area contributed by atoms with Gasteiger partial charge in [-0.25, -0.2) is 5.43 Å². The van der Waals surface area contributed by atoms with E-state index in [4.69, 9.17) is 10.00 Å². The predicted molar refractivity (Wildman–Crippen MR) is 72.2 cm³/mol. The second-order valence-electron chi connectivity index (χ2n) is 3.31. The molecule has 6 nitrogen and oxygen atoms in total. The molecule has 0 aliphatic rings. The molecule has 1 rings (SSSR count). The minimum atomic E-state index is -0.386. The number of carbonyl (C=O) groups is 1. The van der Waals surface area contributed by atoms with Crippen LogP contribution in [-0.4, -0.2) is 25.9 Å². The summed E-state index contributed by atoms with van der Waals surface area (Å²) in [6.45, 7) is 3.22. The van der Waals surface area contributed by atoms with Crippen molar-refractivity contribution in [3.05, 3.63) is 41.6 Å². The molecular weight excluding hydrogens is 244 g/mol. The number of methoxy groups -OCH3 is 1. The maximum atomic E-state index is 11.7. The Kier molecular flexibility index (Phi) is 5.50. The summed E-state index contributed by atoms with van der Waals surface area (Å²) in [5.41, 5.74) is 2.91. The summed E-state index contributed by atoms with van der Waals surface area (Å²) in [5, 5.41) is 12.3. The highest BCUT2D eigenvalue weighted by molar-refractivity contribution is 5.95. The van der Waals surface area contributed by atoms with Gasteiger partial charge >= 0.3 is 0 Å². The Bertz CT molecular complexity index is 553. The van der Waals surface area contributed by atoms with Gasteiger partial charge in [0.15, 0.2) is 0 Å². The Hall–Kier alpha value is -2.94. The van der Waals surface area contributed by atoms with Gasteiger partial charge in [-0.1, -0.05) is 0 Å². The minimum absolute atomic E-state index is 0.185. The zero-order valence-corrected chi connectivity index (χ0v) is 10.3. The summed E-state index contributed by atoms with van der Waals surface area (Å²) >= 11 is 0. The average molecular weight is 256 g/mol. The van der Waals surface area contributed by atoms with Gasteiger partial charge in [0.05, 0.1) is 18.9 Å². The first-order valence-corrected chi connectivity index (χ1v) is 5.25. The second-order valence-corrected chi connectivity index (χ2v) is 3.31. The standard InChI is InChI=1S/C13H12N4O2/c1-15-8-10(7-14)9-16-17-13(18)11-3-5-12(19-2)6-4-11/h3-6,8-9H,1H2,2H3,(H,17,18). The van der Waals surface area contributed by atoms with Crippen LogP contribution in [0.2, 0.25) is 0 Å². The molecule has 1 amide bonds. The van der Waals surface area contributed by atoms with Crippen LogP contribution in [-0.2, 0) is 0 Å². The van der Waals surface area contributed by atoms with E-state index in [9.17, 15) is 4.79 Å². The summed E-state index contributed by atoms with van der Waals surface area (Å²) in [7, 11) is 1.54. The van der Waals surface area contributed by atoms with Crippen LogP contribution in [0.5, 0.6) is 5.75 Å². The van der Waals surface area contributed by atoms with Gasteiger partial charge in [-0.15, -0.1) is 0 Å². The number of amides is 1. The summed E-state index contributed by atoms with van der Waals surface area (Å²) in [6.07, 6.45) is 2.43. The number of benzene rings is 1. The van der Waals surface area contributed by atoms with Crippen molar-refractivity contribution in [3.63, 3.8) is 0 Å². The Labute approximate surface area is 110 Å². The van der Waals surface area contributed by atoms with Crippen LogP contribution >= 0.6 is 0 Å². The third kappa shape index (κ3) is 4.44. The van der Waals surface area contributed by atoms with Gasteiger partial charge < -0.3 is 4.74 Å². The zero-order chi connectivity index (χ0) is 14.1. The summed E-state index contributed by atoms with van der Waals surface area (Å²) in [6, 6.07) is 8.39. The third-order valence-electron chi connectivity index (χ3n) is 2.08. The third-order valence-corrected chi connectivity index (χ3v) is 2.08. The largest absolute Gasteiger partial charge is 0.497 e. The van der Waals surface area contributed by atoms with E-state index in [1.807, 2.05) is 6.07 Å². The Balaban J connectivity index is 2.65. The lowest BCUT2D eigenvalue weighted by molar-refractivity contribution is 0.0955. The van der Waals surface area contributed by atoms with Gasteiger partial charge in [0.2, 0.25) is 0 Å². The first-order valence-electron chi connectivity index (χ1n) is 5.25. The fraction of sp³-hybridized carbons (Fsp3) is 0.0769. The topological polar surface area (TPSA) is 86.8 Å². The smallest absolute Gasteiger partial charge is 0.271 e. The number of hydrazone groups is 1. The summed E-state index contributed by atoms with van der Waals surface area (Å²) in [5.74, 6) is 0.273. The van der Waals surface area contributed by atoms with Crippen LogP contribution in [0.25, 0.3) is 0 Å². The lowest BCUT2D eigenvalue weighted by Crippen LogP contribution is -2.17. The van der Waals surface area contributed by atoms with Crippen LogP contribution < -0.4 is 10.2 Å². The minimum Gasteiger partial charge on any atom is -0.497 e. The quantitative estimate of drug-likeness (QED) is 0.492. The first-order chi connectivity index (χ1) is 9.21. The monoisotopic (exact) mass is 256 g/mol. The fourth-order valence-corrected chi connectivity index (χ4v) is 1.16. The van der Waals surface area contributed by atoms with E-state index in [1.54, 1.807) is 31.4 Å². The molecule has 0 bridgehead atoms. The van der Waals surface area contributed by atoms with E-state index >= 15 is 0 Å². The number of carbonyl (C=O) groups excluding carboxylic acids is 1. The number of nitriles is 1. The Morgan fingerprint density at radius 3 is 2.68 bits per heavy atom. The van der Waals surface area contributed by atoms with E-state index in [1.165, 1.54) is 12.4 Å². The molecule has 1 aromatic carbocycles. The first kappa shape index (κ1) is 14.1. The molecule has 1 aromatic rings. The molecule has 0 radical (unpaired) electrons. The number of nitrogens with one attached hydrogen (secondary N) is 1. The van der Waals surface area contributed by atoms with Gasteiger partial charge in [0.1, 0.15) is 11.8 Å². The molecule has 0 aliphatic heterocycles. The molecule has 0 fully saturated rings. The number of ether oxygens (including phenoxy) is 1. The van der Waals surface area contributed by atoms with E-state index in [0.717, 1.165) is 0 Å². The normalized spacial score (nSPS) is 10.8. The number of allylic oxidation sites excluding steroid dienone is 1. The van der Waals surface area contributed by atoms with E-state index in [-0.39, 0.29) is 11.5 Å². The van der Waals surface area contributed by atoms with Crippen LogP contribution in [0.4, 0.5) is 0 Å². The molecule has 1 N–H and O–H groups in total. The molecule has 0 spiro atoms. The van der Waals surface area contributed by atoms with Crippen molar-refractivity contribution in [2.24, 2.45) is 10.1 Å². The van der Waals surface area contributed by atoms with Crippen molar-refractivity contribution < 1.29 is 9.53 Å². The number of rotatable bonds is 5. The SMILES string of the molecule is C=NC=C(C#N)C=NNC(=O)c1ccc(OC)cc1. The van der Waals surface area contributed by atoms with E-state index in [2.05, 4.69) is 22.2 Å². The highest BCUT2D eigenvalue weighted by Crippen LogP contribution is 2.10. The average Bonchev–Trinajstić information content (AvgIpc) is 2.46. The highest BCUT2D eigenvalue weighted by atomic mass is 16.5. The van der Waals surface area contributed by atoms with Crippen LogP contribution in [0.3, 0.4) is 0 Å². The van der Waals surface area contributed by atoms with Gasteiger partial charge in [0, 0.05) is 11.8 Å². The van der Waals surface area contributed by atoms with Gasteiger partial charge in [-0.3, -0.25) is 9.79 Å². The molecule has 0 saturated carbocycles. The molecule has 0 aliphatic carbocycles. The number of hydrogen-bond acceptors (Lipinski definition) is 5. The van der Waals surface area contributed by atoms with Crippen molar-refractivity contribution in [3.8, 4) is 11.8 Å². The second kappa shape index (κ2) is 7.40. The molecule has 0 heterocycles. The molecule has 0 unspecified atom stereocenters. The molecule has 19 heavy (non-hydrogen) atoms. The molecule has 96 valence electrons. The summed E-state index contributed by atoms with van der Waals surface area (Å²) < 4.78 is 4.98. The van der Waals surface area contributed by atoms with Crippen LogP contribution in [0, 0.1) is 11.3 Å². The lowest BCUT2D eigenvalue weighted by atomic mass is 10.2. The van der Waals surface area contributed by atoms with Crippen LogP contribution in [0.1, 0.15) is 10.4 Å². The van der Waals surface area contributed by atoms with Gasteiger partial charge in [0.25, 0.3) is 5.91 Å². The van der Waals surface area contributed by atoms with Gasteiger partial charge in [-0.2, -0.15) is 10.4 Å². The molecule has 0 aromatic heterocycles. The maximum Gasteiger partial charge on any atom is 0.271 e. The molecule has 6 heteroatoms. The number of hydrogen-bond donors (Lipinski definition) is 1. The number of nitrogens with zero attached hydrogens (tertiary/aromatic N) is 3.